The van der Waals surface area contributed by atoms with E-state index < -0.39 is 97.5 Å². The Kier molecular flexibility index (Phi) is 81.7. The summed E-state index contributed by atoms with van der Waals surface area (Å²) in [4.78, 5) is 73.4. The van der Waals surface area contributed by atoms with E-state index in [4.69, 9.17) is 37.0 Å². The van der Waals surface area contributed by atoms with Crippen LogP contribution in [-0.2, 0) is 65.4 Å². The standard InChI is InChI=1S/C92H180O17P2/c1-7-9-11-13-15-17-19-20-21-22-23-24-25-26-31-34-40-46-52-58-64-70-76-91(96)109-88(81-103-90(95)75-69-63-57-51-45-39-33-30-28-27-29-32-37-43-48-54-60-66-72-84(3)4)83-107-111(100,101)105-79-86(93)78-104-110(98,99)106-82-87(80-102-89(94)74-68-62-56-50-42-18-16-14-12-10-8-2)108-92(97)77-71-65-59-53-47-41-36-35-38-44-49-55-61-67-73-85(5)6/h84-88,93H,7-83H2,1-6H3,(H,98,99)(H,100,101)/t86-,87+,88+/m0/s1. The highest BCUT2D eigenvalue weighted by molar-refractivity contribution is 7.47. The Labute approximate surface area is 683 Å². The lowest BCUT2D eigenvalue weighted by Crippen LogP contribution is -2.30. The molecule has 0 bridgehead atoms. The van der Waals surface area contributed by atoms with Crippen molar-refractivity contribution in [3.63, 3.8) is 0 Å². The van der Waals surface area contributed by atoms with Crippen molar-refractivity contribution in [1.82, 2.24) is 0 Å². The Hall–Kier alpha value is -1.94. The van der Waals surface area contributed by atoms with Crippen LogP contribution in [0.15, 0.2) is 0 Å². The molecule has 660 valence electrons. The van der Waals surface area contributed by atoms with Crippen LogP contribution in [0.4, 0.5) is 0 Å². The lowest BCUT2D eigenvalue weighted by molar-refractivity contribution is -0.161. The number of rotatable bonds is 91. The van der Waals surface area contributed by atoms with Crippen LogP contribution in [0, 0.1) is 11.8 Å². The van der Waals surface area contributed by atoms with Gasteiger partial charge in [0.05, 0.1) is 26.4 Å². The smallest absolute Gasteiger partial charge is 0.462 e. The van der Waals surface area contributed by atoms with Gasteiger partial charge >= 0.3 is 39.5 Å². The number of hydrogen-bond acceptors (Lipinski definition) is 15. The molecule has 0 radical (unpaired) electrons. The SMILES string of the molecule is CCCCCCCCCCCCCCCCCCCCCCCCC(=O)O[C@H](COC(=O)CCCCCCCCCCCCCCCCCCCCC(C)C)COP(=O)(O)OC[C@@H](O)COP(=O)(O)OC[C@@H](COC(=O)CCCCCCCCCCCCC)OC(=O)CCCCCCCCCCCCCCCCC(C)C. The van der Waals surface area contributed by atoms with Gasteiger partial charge < -0.3 is 33.8 Å². The second-order valence-electron chi connectivity index (χ2n) is 34.0. The average molecular weight is 1620 g/mol. The number of hydrogen-bond donors (Lipinski definition) is 3. The van der Waals surface area contributed by atoms with Crippen molar-refractivity contribution >= 4 is 39.5 Å². The molecule has 19 heteroatoms. The fourth-order valence-corrected chi connectivity index (χ4v) is 16.1. The van der Waals surface area contributed by atoms with E-state index in [0.29, 0.717) is 25.7 Å². The minimum absolute atomic E-state index is 0.108. The van der Waals surface area contributed by atoms with E-state index in [9.17, 15) is 43.2 Å². The maximum absolute atomic E-state index is 13.2. The minimum atomic E-state index is -4.97. The molecule has 0 aliphatic rings. The van der Waals surface area contributed by atoms with Crippen LogP contribution in [-0.4, -0.2) is 96.7 Å². The van der Waals surface area contributed by atoms with E-state index in [0.717, 1.165) is 102 Å². The van der Waals surface area contributed by atoms with Gasteiger partial charge in [-0.1, -0.05) is 446 Å². The van der Waals surface area contributed by atoms with Gasteiger partial charge in [0.15, 0.2) is 12.2 Å². The van der Waals surface area contributed by atoms with Crippen LogP contribution in [0.25, 0.3) is 0 Å². The molecule has 0 saturated heterocycles. The van der Waals surface area contributed by atoms with Crippen LogP contribution in [0.5, 0.6) is 0 Å². The third-order valence-electron chi connectivity index (χ3n) is 21.7. The monoisotopic (exact) mass is 1620 g/mol. The summed E-state index contributed by atoms with van der Waals surface area (Å²) in [6.07, 6.45) is 77.9. The maximum Gasteiger partial charge on any atom is 0.472 e. The molecule has 0 aromatic carbocycles. The molecule has 3 N–H and O–H groups in total. The largest absolute Gasteiger partial charge is 0.472 e. The second kappa shape index (κ2) is 83.1. The fraction of sp³-hybridized carbons (Fsp3) is 0.957. The lowest BCUT2D eigenvalue weighted by atomic mass is 10.0. The summed E-state index contributed by atoms with van der Waals surface area (Å²) >= 11 is 0. The summed E-state index contributed by atoms with van der Waals surface area (Å²) in [5.41, 5.74) is 0. The third kappa shape index (κ3) is 85.8. The van der Waals surface area contributed by atoms with Crippen molar-refractivity contribution in [3.8, 4) is 0 Å². The zero-order chi connectivity index (χ0) is 81.3. The Bertz CT molecular complexity index is 2120. The highest BCUT2D eigenvalue weighted by Crippen LogP contribution is 2.45. The van der Waals surface area contributed by atoms with Crippen LogP contribution < -0.4 is 0 Å². The number of esters is 4. The van der Waals surface area contributed by atoms with Gasteiger partial charge in [-0.2, -0.15) is 0 Å². The molecule has 0 rings (SSSR count). The summed E-state index contributed by atoms with van der Waals surface area (Å²) in [5.74, 6) is -0.476. The number of unbranched alkanes of at least 4 members (excludes halogenated alkanes) is 61. The van der Waals surface area contributed by atoms with Crippen molar-refractivity contribution < 1.29 is 80.2 Å². The highest BCUT2D eigenvalue weighted by atomic mass is 31.2. The van der Waals surface area contributed by atoms with E-state index >= 15 is 0 Å². The molecule has 2 unspecified atom stereocenters. The van der Waals surface area contributed by atoms with E-state index in [1.165, 1.54) is 315 Å². The molecule has 17 nitrogen and oxygen atoms in total. The first-order chi connectivity index (χ1) is 53.9. The van der Waals surface area contributed by atoms with Crippen molar-refractivity contribution in [2.24, 2.45) is 11.8 Å². The van der Waals surface area contributed by atoms with Crippen LogP contribution in [0.1, 0.15) is 497 Å². The van der Waals surface area contributed by atoms with E-state index in [1.54, 1.807) is 0 Å². The summed E-state index contributed by atoms with van der Waals surface area (Å²) in [6, 6.07) is 0. The highest BCUT2D eigenvalue weighted by Gasteiger charge is 2.31. The van der Waals surface area contributed by atoms with E-state index in [1.807, 2.05) is 0 Å². The zero-order valence-corrected chi connectivity index (χ0v) is 75.1. The Morgan fingerprint density at radius 2 is 0.414 bits per heavy atom. The predicted molar refractivity (Wildman–Crippen MR) is 460 cm³/mol. The topological polar surface area (TPSA) is 237 Å². The van der Waals surface area contributed by atoms with Gasteiger partial charge in [0.1, 0.15) is 19.3 Å². The van der Waals surface area contributed by atoms with E-state index in [2.05, 4.69) is 41.5 Å². The van der Waals surface area contributed by atoms with Gasteiger partial charge in [0.25, 0.3) is 0 Å². The van der Waals surface area contributed by atoms with Gasteiger partial charge in [0.2, 0.25) is 0 Å². The molecule has 0 aromatic rings. The zero-order valence-electron chi connectivity index (χ0n) is 73.3. The number of aliphatic hydroxyl groups is 1. The number of carbonyl (C=O) groups excluding carboxylic acids is 4. The Morgan fingerprint density at radius 3 is 0.613 bits per heavy atom. The predicted octanol–water partition coefficient (Wildman–Crippen LogP) is 28.6. The van der Waals surface area contributed by atoms with Crippen molar-refractivity contribution in [3.05, 3.63) is 0 Å². The van der Waals surface area contributed by atoms with Gasteiger partial charge in [-0.3, -0.25) is 37.3 Å². The number of aliphatic hydroxyl groups excluding tert-OH is 1. The van der Waals surface area contributed by atoms with Gasteiger partial charge in [-0.15, -0.1) is 0 Å². The Balaban J connectivity index is 5.22. The number of carbonyl (C=O) groups is 4. The molecule has 111 heavy (non-hydrogen) atoms. The molecule has 0 heterocycles. The molecule has 0 aliphatic heterocycles. The molecule has 0 aromatic heterocycles. The van der Waals surface area contributed by atoms with Gasteiger partial charge in [0, 0.05) is 25.7 Å². The average Bonchev–Trinajstić information content (AvgIpc) is 0.899. The maximum atomic E-state index is 13.2. The van der Waals surface area contributed by atoms with Crippen LogP contribution in [0.3, 0.4) is 0 Å². The second-order valence-corrected chi connectivity index (χ2v) is 36.9. The van der Waals surface area contributed by atoms with Crippen LogP contribution >= 0.6 is 15.6 Å². The number of phosphoric acid groups is 2. The fourth-order valence-electron chi connectivity index (χ4n) is 14.5. The summed E-state index contributed by atoms with van der Waals surface area (Å²) in [7, 11) is -9.94. The number of ether oxygens (including phenoxy) is 4. The first-order valence-electron chi connectivity index (χ1n) is 47.5. The molecular weight excluding hydrogens is 1440 g/mol. The normalized spacial score (nSPS) is 13.7. The van der Waals surface area contributed by atoms with Crippen LogP contribution in [0.2, 0.25) is 0 Å². The molecule has 0 spiro atoms. The summed E-state index contributed by atoms with van der Waals surface area (Å²) < 4.78 is 69.1. The van der Waals surface area contributed by atoms with E-state index in [-0.39, 0.29) is 25.7 Å². The first kappa shape index (κ1) is 109. The molecule has 5 atom stereocenters. The first-order valence-corrected chi connectivity index (χ1v) is 50.5. The molecule has 0 saturated carbocycles. The molecular formula is C92H180O17P2. The van der Waals surface area contributed by atoms with Crippen molar-refractivity contribution in [1.29, 1.82) is 0 Å². The van der Waals surface area contributed by atoms with Gasteiger partial charge in [-0.05, 0) is 37.5 Å². The van der Waals surface area contributed by atoms with Crippen molar-refractivity contribution in [2.45, 2.75) is 516 Å². The Morgan fingerprint density at radius 1 is 0.243 bits per heavy atom. The summed E-state index contributed by atoms with van der Waals surface area (Å²) in [5, 5.41) is 10.7. The summed E-state index contributed by atoms with van der Waals surface area (Å²) in [6.45, 7) is 9.76. The van der Waals surface area contributed by atoms with Crippen molar-refractivity contribution in [2.75, 3.05) is 39.6 Å². The van der Waals surface area contributed by atoms with Gasteiger partial charge in [-0.25, -0.2) is 9.13 Å². The molecule has 0 fully saturated rings. The lowest BCUT2D eigenvalue weighted by Gasteiger charge is -2.21. The quantitative estimate of drug-likeness (QED) is 0.0222. The number of phosphoric ester groups is 2. The third-order valence-corrected chi connectivity index (χ3v) is 23.6. The molecule has 0 aliphatic carbocycles. The minimum Gasteiger partial charge on any atom is -0.462 e. The molecule has 0 amide bonds.